The molecule has 1 aromatic heterocycles. The van der Waals surface area contributed by atoms with Crippen molar-refractivity contribution in [2.24, 2.45) is 0 Å². The van der Waals surface area contributed by atoms with Gasteiger partial charge in [-0.1, -0.05) is 37.5 Å². The summed E-state index contributed by atoms with van der Waals surface area (Å²) in [5.41, 5.74) is 0.0925. The highest BCUT2D eigenvalue weighted by molar-refractivity contribution is 7.99. The second kappa shape index (κ2) is 7.61. The van der Waals surface area contributed by atoms with Gasteiger partial charge in [0.2, 0.25) is 0 Å². The van der Waals surface area contributed by atoms with E-state index in [0.29, 0.717) is 22.5 Å². The molecule has 0 atom stereocenters. The van der Waals surface area contributed by atoms with Crippen LogP contribution in [0, 0.1) is 10.1 Å². The fourth-order valence-corrected chi connectivity index (χ4v) is 4.08. The van der Waals surface area contributed by atoms with Crippen molar-refractivity contribution in [1.29, 1.82) is 0 Å². The molecular weight excluding hydrogens is 324 g/mol. The van der Waals surface area contributed by atoms with Gasteiger partial charge in [0.15, 0.2) is 5.16 Å². The summed E-state index contributed by atoms with van der Waals surface area (Å²) in [6, 6.07) is 6.73. The van der Waals surface area contributed by atoms with Gasteiger partial charge in [-0.2, -0.15) is 0 Å². The Labute approximate surface area is 145 Å². The number of hydrogen-bond acceptors (Lipinski definition) is 5. The summed E-state index contributed by atoms with van der Waals surface area (Å²) in [5, 5.41) is 20.6. The quantitative estimate of drug-likeness (QED) is 0.436. The van der Waals surface area contributed by atoms with E-state index in [1.807, 2.05) is 10.6 Å². The van der Waals surface area contributed by atoms with Crippen molar-refractivity contribution in [1.82, 2.24) is 14.8 Å². The molecule has 0 saturated heterocycles. The molecule has 1 fully saturated rings. The van der Waals surface area contributed by atoms with Gasteiger partial charge in [-0.15, -0.1) is 16.8 Å². The fraction of sp³-hybridized carbons (Fsp3) is 0.412. The summed E-state index contributed by atoms with van der Waals surface area (Å²) in [6.07, 6.45) is 7.80. The standard InChI is InChI=1S/C17H20N4O2S/c1-2-12-20-16(13-8-4-3-5-9-13)18-19-17(20)24-15-11-7-6-10-14(15)21(22)23/h2,6-7,10-11,13H,1,3-5,8-9,12H2. The predicted molar refractivity (Wildman–Crippen MR) is 93.3 cm³/mol. The molecule has 1 aliphatic carbocycles. The smallest absolute Gasteiger partial charge is 0.283 e. The van der Waals surface area contributed by atoms with Crippen molar-refractivity contribution in [3.63, 3.8) is 0 Å². The lowest BCUT2D eigenvalue weighted by Gasteiger charge is -2.21. The molecule has 0 amide bonds. The van der Waals surface area contributed by atoms with E-state index in [0.717, 1.165) is 18.7 Å². The summed E-state index contributed by atoms with van der Waals surface area (Å²) >= 11 is 1.29. The molecule has 0 N–H and O–H groups in total. The Morgan fingerprint density at radius 2 is 2.04 bits per heavy atom. The van der Waals surface area contributed by atoms with Crippen LogP contribution < -0.4 is 0 Å². The summed E-state index contributed by atoms with van der Waals surface area (Å²) in [7, 11) is 0. The van der Waals surface area contributed by atoms with Crippen LogP contribution in [-0.4, -0.2) is 19.7 Å². The van der Waals surface area contributed by atoms with Crippen molar-refractivity contribution in [3.05, 3.63) is 52.9 Å². The van der Waals surface area contributed by atoms with E-state index in [4.69, 9.17) is 0 Å². The highest BCUT2D eigenvalue weighted by Gasteiger charge is 2.24. The third kappa shape index (κ3) is 3.51. The van der Waals surface area contributed by atoms with E-state index < -0.39 is 0 Å². The number of para-hydroxylation sites is 1. The molecule has 6 nitrogen and oxygen atoms in total. The Morgan fingerprint density at radius 1 is 1.29 bits per heavy atom. The van der Waals surface area contributed by atoms with Gasteiger partial charge in [-0.3, -0.25) is 10.1 Å². The summed E-state index contributed by atoms with van der Waals surface area (Å²) in [5.74, 6) is 1.40. The molecule has 7 heteroatoms. The SMILES string of the molecule is C=CCn1c(Sc2ccccc2[N+](=O)[O-])nnc1C1CCCCC1. The minimum absolute atomic E-state index is 0.0925. The van der Waals surface area contributed by atoms with Crippen LogP contribution in [0.15, 0.2) is 47.0 Å². The number of allylic oxidation sites excluding steroid dienone is 1. The molecule has 0 bridgehead atoms. The maximum absolute atomic E-state index is 11.2. The molecule has 0 spiro atoms. The summed E-state index contributed by atoms with van der Waals surface area (Å²) < 4.78 is 2.05. The molecule has 126 valence electrons. The van der Waals surface area contributed by atoms with Gasteiger partial charge in [0.1, 0.15) is 5.82 Å². The third-order valence-corrected chi connectivity index (χ3v) is 5.34. The van der Waals surface area contributed by atoms with E-state index >= 15 is 0 Å². The Hall–Kier alpha value is -2.15. The molecular formula is C17H20N4O2S. The van der Waals surface area contributed by atoms with Crippen molar-refractivity contribution < 1.29 is 4.92 Å². The number of nitrogens with zero attached hydrogens (tertiary/aromatic N) is 4. The van der Waals surface area contributed by atoms with Gasteiger partial charge < -0.3 is 4.57 Å². The van der Waals surface area contributed by atoms with Crippen LogP contribution in [0.5, 0.6) is 0 Å². The summed E-state index contributed by atoms with van der Waals surface area (Å²) in [4.78, 5) is 11.4. The monoisotopic (exact) mass is 344 g/mol. The molecule has 0 radical (unpaired) electrons. The van der Waals surface area contributed by atoms with Gasteiger partial charge in [-0.25, -0.2) is 0 Å². The highest BCUT2D eigenvalue weighted by atomic mass is 32.2. The fourth-order valence-electron chi connectivity index (χ4n) is 3.13. The summed E-state index contributed by atoms with van der Waals surface area (Å²) in [6.45, 7) is 4.43. The third-order valence-electron chi connectivity index (χ3n) is 4.29. The lowest BCUT2D eigenvalue weighted by Crippen LogP contribution is -2.12. The van der Waals surface area contributed by atoms with Gasteiger partial charge >= 0.3 is 0 Å². The second-order valence-corrected chi connectivity index (χ2v) is 6.91. The van der Waals surface area contributed by atoms with Crippen LogP contribution in [0.4, 0.5) is 5.69 Å². The lowest BCUT2D eigenvalue weighted by atomic mass is 9.89. The molecule has 1 saturated carbocycles. The first-order chi connectivity index (χ1) is 11.7. The van der Waals surface area contributed by atoms with E-state index in [1.165, 1.54) is 37.1 Å². The van der Waals surface area contributed by atoms with Crippen LogP contribution in [0.25, 0.3) is 0 Å². The number of aromatic nitrogens is 3. The van der Waals surface area contributed by atoms with Crippen LogP contribution in [0.1, 0.15) is 43.8 Å². The first-order valence-corrected chi connectivity index (χ1v) is 8.97. The Morgan fingerprint density at radius 3 is 2.75 bits per heavy atom. The first-order valence-electron chi connectivity index (χ1n) is 8.16. The number of nitro groups is 1. The van der Waals surface area contributed by atoms with Crippen molar-refractivity contribution in [2.75, 3.05) is 0 Å². The molecule has 0 unspecified atom stereocenters. The molecule has 1 aromatic carbocycles. The number of benzene rings is 1. The normalized spacial score (nSPS) is 15.3. The number of rotatable bonds is 6. The Balaban J connectivity index is 1.92. The van der Waals surface area contributed by atoms with Crippen molar-refractivity contribution >= 4 is 17.4 Å². The lowest BCUT2D eigenvalue weighted by molar-refractivity contribution is -0.387. The highest BCUT2D eigenvalue weighted by Crippen LogP contribution is 2.37. The molecule has 1 heterocycles. The number of hydrogen-bond donors (Lipinski definition) is 0. The molecule has 2 aromatic rings. The average molecular weight is 344 g/mol. The maximum atomic E-state index is 11.2. The van der Waals surface area contributed by atoms with Crippen molar-refractivity contribution in [3.8, 4) is 0 Å². The van der Waals surface area contributed by atoms with E-state index in [2.05, 4.69) is 16.8 Å². The van der Waals surface area contributed by atoms with E-state index in [1.54, 1.807) is 18.2 Å². The van der Waals surface area contributed by atoms with Crippen LogP contribution >= 0.6 is 11.8 Å². The Bertz CT molecular complexity index is 738. The van der Waals surface area contributed by atoms with Crippen LogP contribution in [0.3, 0.4) is 0 Å². The molecule has 24 heavy (non-hydrogen) atoms. The zero-order valence-electron chi connectivity index (χ0n) is 13.4. The number of nitro benzene ring substituents is 1. The zero-order chi connectivity index (χ0) is 16.9. The first kappa shape index (κ1) is 16.7. The molecule has 0 aliphatic heterocycles. The predicted octanol–water partition coefficient (Wildman–Crippen LogP) is 4.57. The maximum Gasteiger partial charge on any atom is 0.283 e. The van der Waals surface area contributed by atoms with Gasteiger partial charge in [-0.05, 0) is 30.7 Å². The van der Waals surface area contributed by atoms with Crippen molar-refractivity contribution in [2.45, 2.75) is 54.6 Å². The second-order valence-electron chi connectivity index (χ2n) is 5.90. The molecule has 1 aliphatic rings. The zero-order valence-corrected chi connectivity index (χ0v) is 14.2. The van der Waals surface area contributed by atoms with E-state index in [9.17, 15) is 10.1 Å². The van der Waals surface area contributed by atoms with Gasteiger partial charge in [0.05, 0.1) is 9.82 Å². The van der Waals surface area contributed by atoms with Gasteiger partial charge in [0, 0.05) is 18.5 Å². The topological polar surface area (TPSA) is 73.8 Å². The van der Waals surface area contributed by atoms with Crippen LogP contribution in [-0.2, 0) is 6.54 Å². The van der Waals surface area contributed by atoms with E-state index in [-0.39, 0.29) is 10.6 Å². The van der Waals surface area contributed by atoms with Gasteiger partial charge in [0.25, 0.3) is 5.69 Å². The van der Waals surface area contributed by atoms with Crippen LogP contribution in [0.2, 0.25) is 0 Å². The average Bonchev–Trinajstić information content (AvgIpc) is 2.99. The molecule has 3 rings (SSSR count). The largest absolute Gasteiger partial charge is 0.302 e. The minimum Gasteiger partial charge on any atom is -0.302 e. The minimum atomic E-state index is -0.363. The Kier molecular flexibility index (Phi) is 5.30.